The van der Waals surface area contributed by atoms with Crippen LogP contribution in [0.2, 0.25) is 0 Å². The lowest BCUT2D eigenvalue weighted by molar-refractivity contribution is -0.140. The van der Waals surface area contributed by atoms with Gasteiger partial charge < -0.3 is 10.2 Å². The van der Waals surface area contributed by atoms with E-state index in [1.807, 2.05) is 61.5 Å². The fourth-order valence-corrected chi connectivity index (χ4v) is 6.12. The van der Waals surface area contributed by atoms with Gasteiger partial charge in [-0.05, 0) is 61.4 Å². The first-order valence-corrected chi connectivity index (χ1v) is 15.1. The number of amides is 2. The molecule has 4 rings (SSSR count). The Balaban J connectivity index is 1.78. The van der Waals surface area contributed by atoms with Gasteiger partial charge in [0.25, 0.3) is 10.0 Å². The molecular weight excluding hydrogens is 553 g/mol. The van der Waals surface area contributed by atoms with Gasteiger partial charge in [-0.2, -0.15) is 0 Å². The highest BCUT2D eigenvalue weighted by molar-refractivity contribution is 7.92. The van der Waals surface area contributed by atoms with E-state index < -0.39 is 34.3 Å². The van der Waals surface area contributed by atoms with E-state index in [0.29, 0.717) is 6.54 Å². The minimum Gasteiger partial charge on any atom is -0.355 e. The molecule has 0 fully saturated rings. The molecule has 0 spiro atoms. The summed E-state index contributed by atoms with van der Waals surface area (Å²) in [6.45, 7) is 3.63. The van der Waals surface area contributed by atoms with Crippen LogP contribution in [0, 0.1) is 12.7 Å². The van der Waals surface area contributed by atoms with Crippen LogP contribution >= 0.6 is 0 Å². The van der Waals surface area contributed by atoms with Crippen LogP contribution in [0.25, 0.3) is 0 Å². The van der Waals surface area contributed by atoms with Gasteiger partial charge in [0.05, 0.1) is 10.6 Å². The summed E-state index contributed by atoms with van der Waals surface area (Å²) >= 11 is 0. The lowest BCUT2D eigenvalue weighted by Crippen LogP contribution is -2.53. The van der Waals surface area contributed by atoms with Crippen LogP contribution < -0.4 is 9.62 Å². The van der Waals surface area contributed by atoms with Crippen molar-refractivity contribution in [1.82, 2.24) is 10.2 Å². The Morgan fingerprint density at radius 2 is 1.45 bits per heavy atom. The van der Waals surface area contributed by atoms with Crippen LogP contribution in [0.1, 0.15) is 23.6 Å². The zero-order valence-electron chi connectivity index (χ0n) is 23.6. The van der Waals surface area contributed by atoms with Crippen molar-refractivity contribution in [3.8, 4) is 0 Å². The van der Waals surface area contributed by atoms with E-state index in [0.717, 1.165) is 33.1 Å². The Labute approximate surface area is 246 Å². The smallest absolute Gasteiger partial charge is 0.264 e. The van der Waals surface area contributed by atoms with E-state index in [9.17, 15) is 22.4 Å². The van der Waals surface area contributed by atoms with Gasteiger partial charge in [0.2, 0.25) is 11.8 Å². The molecule has 0 radical (unpaired) electrons. The predicted molar refractivity (Wildman–Crippen MR) is 162 cm³/mol. The van der Waals surface area contributed by atoms with Gasteiger partial charge in [0, 0.05) is 19.5 Å². The zero-order chi connectivity index (χ0) is 30.1. The van der Waals surface area contributed by atoms with Crippen molar-refractivity contribution in [2.75, 3.05) is 17.4 Å². The fraction of sp³-hybridized carbons (Fsp3) is 0.212. The molecule has 0 aliphatic rings. The average Bonchev–Trinajstić information content (AvgIpc) is 2.99. The monoisotopic (exact) mass is 587 g/mol. The molecule has 0 aliphatic heterocycles. The molecule has 4 aromatic rings. The van der Waals surface area contributed by atoms with Crippen LogP contribution in [-0.2, 0) is 32.6 Å². The van der Waals surface area contributed by atoms with Crippen molar-refractivity contribution in [3.05, 3.63) is 132 Å². The van der Waals surface area contributed by atoms with Gasteiger partial charge in [-0.25, -0.2) is 12.8 Å². The molecule has 0 saturated heterocycles. The Hall–Kier alpha value is -4.50. The third-order valence-corrected chi connectivity index (χ3v) is 8.57. The molecule has 0 saturated carbocycles. The Bertz CT molecular complexity index is 1600. The van der Waals surface area contributed by atoms with Crippen LogP contribution in [0.5, 0.6) is 0 Å². The molecule has 2 amide bonds. The highest BCUT2D eigenvalue weighted by Crippen LogP contribution is 2.25. The van der Waals surface area contributed by atoms with Gasteiger partial charge in [-0.1, -0.05) is 78.4 Å². The summed E-state index contributed by atoms with van der Waals surface area (Å²) in [5.41, 5.74) is 2.92. The standard InChI is InChI=1S/C33H34FN3O4S/c1-3-35-33(39)31(22-26-12-6-4-7-13-26)36(23-27-14-10-11-25(2)21-27)32(38)24-37(29-15-8-5-9-16-29)42(40,41)30-19-17-28(34)18-20-30/h4-21,31H,3,22-24H2,1-2H3,(H,35,39)/t31-/m0/s1. The number of anilines is 1. The van der Waals surface area contributed by atoms with Crippen molar-refractivity contribution in [2.45, 2.75) is 37.8 Å². The molecule has 0 aliphatic carbocycles. The number of sulfonamides is 1. The lowest BCUT2D eigenvalue weighted by Gasteiger charge is -2.34. The minimum absolute atomic E-state index is 0.0916. The third-order valence-electron chi connectivity index (χ3n) is 6.78. The molecule has 7 nitrogen and oxygen atoms in total. The number of aryl methyl sites for hydroxylation is 1. The number of nitrogens with zero attached hydrogens (tertiary/aromatic N) is 2. The lowest BCUT2D eigenvalue weighted by atomic mass is 10.0. The topological polar surface area (TPSA) is 86.8 Å². The number of para-hydroxylation sites is 1. The third kappa shape index (κ3) is 7.61. The molecule has 218 valence electrons. The Morgan fingerprint density at radius 3 is 2.07 bits per heavy atom. The highest BCUT2D eigenvalue weighted by atomic mass is 32.2. The second kappa shape index (κ2) is 13.9. The van der Waals surface area contributed by atoms with E-state index in [2.05, 4.69) is 5.32 Å². The predicted octanol–water partition coefficient (Wildman–Crippen LogP) is 5.11. The number of carbonyl (C=O) groups is 2. The maximum Gasteiger partial charge on any atom is 0.264 e. The van der Waals surface area contributed by atoms with Crippen molar-refractivity contribution in [2.24, 2.45) is 0 Å². The van der Waals surface area contributed by atoms with Gasteiger partial charge in [-0.15, -0.1) is 0 Å². The van der Waals surface area contributed by atoms with Crippen LogP contribution in [0.3, 0.4) is 0 Å². The summed E-state index contributed by atoms with van der Waals surface area (Å²) < 4.78 is 42.4. The maximum absolute atomic E-state index is 14.3. The SMILES string of the molecule is CCNC(=O)[C@H](Cc1ccccc1)N(Cc1cccc(C)c1)C(=O)CN(c1ccccc1)S(=O)(=O)c1ccc(F)cc1. The number of benzene rings is 4. The van der Waals surface area contributed by atoms with Crippen LogP contribution in [0.15, 0.2) is 114 Å². The second-order valence-electron chi connectivity index (χ2n) is 9.91. The molecule has 0 bridgehead atoms. The second-order valence-corrected chi connectivity index (χ2v) is 11.8. The minimum atomic E-state index is -4.28. The number of halogens is 1. The fourth-order valence-electron chi connectivity index (χ4n) is 4.71. The molecule has 0 unspecified atom stereocenters. The van der Waals surface area contributed by atoms with Gasteiger partial charge in [0.15, 0.2) is 0 Å². The van der Waals surface area contributed by atoms with Crippen LogP contribution in [-0.4, -0.2) is 44.3 Å². The van der Waals surface area contributed by atoms with E-state index in [-0.39, 0.29) is 29.5 Å². The van der Waals surface area contributed by atoms with Gasteiger partial charge in [-0.3, -0.25) is 13.9 Å². The molecule has 1 N–H and O–H groups in total. The van der Waals surface area contributed by atoms with Crippen molar-refractivity contribution in [3.63, 3.8) is 0 Å². The Kier molecular flexibility index (Phi) is 10.1. The van der Waals surface area contributed by atoms with Crippen molar-refractivity contribution in [1.29, 1.82) is 0 Å². The summed E-state index contributed by atoms with van der Waals surface area (Å²) in [7, 11) is -4.28. The molecule has 0 heterocycles. The number of carbonyl (C=O) groups excluding carboxylic acids is 2. The normalized spacial score (nSPS) is 11.9. The van der Waals surface area contributed by atoms with E-state index in [1.54, 1.807) is 37.3 Å². The van der Waals surface area contributed by atoms with E-state index >= 15 is 0 Å². The quantitative estimate of drug-likeness (QED) is 0.250. The molecule has 1 atom stereocenters. The number of likely N-dealkylation sites (N-methyl/N-ethyl adjacent to an activating group) is 1. The largest absolute Gasteiger partial charge is 0.355 e. The number of rotatable bonds is 12. The van der Waals surface area contributed by atoms with E-state index in [1.165, 1.54) is 17.0 Å². The Morgan fingerprint density at radius 1 is 0.833 bits per heavy atom. The molecule has 42 heavy (non-hydrogen) atoms. The van der Waals surface area contributed by atoms with Gasteiger partial charge >= 0.3 is 0 Å². The first-order chi connectivity index (χ1) is 20.2. The summed E-state index contributed by atoms with van der Waals surface area (Å²) in [5, 5.41) is 2.84. The first-order valence-electron chi connectivity index (χ1n) is 13.7. The molecule has 0 aromatic heterocycles. The average molecular weight is 588 g/mol. The van der Waals surface area contributed by atoms with Crippen LogP contribution in [0.4, 0.5) is 10.1 Å². The number of hydrogen-bond donors (Lipinski definition) is 1. The summed E-state index contributed by atoms with van der Waals surface area (Å²) in [6.07, 6.45) is 0.236. The van der Waals surface area contributed by atoms with Crippen molar-refractivity contribution >= 4 is 27.5 Å². The number of hydrogen-bond acceptors (Lipinski definition) is 4. The maximum atomic E-state index is 14.3. The van der Waals surface area contributed by atoms with E-state index in [4.69, 9.17) is 0 Å². The molecule has 4 aromatic carbocycles. The highest BCUT2D eigenvalue weighted by Gasteiger charge is 2.34. The zero-order valence-corrected chi connectivity index (χ0v) is 24.4. The summed E-state index contributed by atoms with van der Waals surface area (Å²) in [5.74, 6) is -1.47. The summed E-state index contributed by atoms with van der Waals surface area (Å²) in [6, 6.07) is 28.8. The molecular formula is C33H34FN3O4S. The summed E-state index contributed by atoms with van der Waals surface area (Å²) in [4.78, 5) is 29.0. The van der Waals surface area contributed by atoms with Crippen molar-refractivity contribution < 1.29 is 22.4 Å². The molecule has 9 heteroatoms. The number of nitrogens with one attached hydrogen (secondary N) is 1. The van der Waals surface area contributed by atoms with Gasteiger partial charge in [0.1, 0.15) is 18.4 Å². The first kappa shape index (κ1) is 30.5.